The van der Waals surface area contributed by atoms with Gasteiger partial charge >= 0.3 is 0 Å². The third kappa shape index (κ3) is 2.73. The van der Waals surface area contributed by atoms with Crippen molar-refractivity contribution in [2.45, 2.75) is 6.54 Å². The molecule has 1 aliphatic heterocycles. The minimum Gasteiger partial charge on any atom is -0.270 e. The Morgan fingerprint density at radius 3 is 2.24 bits per heavy atom. The second kappa shape index (κ2) is 5.54. The van der Waals surface area contributed by atoms with E-state index in [1.807, 2.05) is 42.5 Å². The van der Waals surface area contributed by atoms with E-state index in [9.17, 15) is 9.59 Å². The molecule has 0 unspecified atom stereocenters. The summed E-state index contributed by atoms with van der Waals surface area (Å²) in [6.07, 6.45) is 1.40. The molecule has 3 rings (SSSR count). The summed E-state index contributed by atoms with van der Waals surface area (Å²) >= 11 is 5.83. The Labute approximate surface area is 127 Å². The van der Waals surface area contributed by atoms with Crippen LogP contribution in [-0.4, -0.2) is 16.7 Å². The molecule has 0 bridgehead atoms. The molecular formula is C17H12ClNO2. The summed E-state index contributed by atoms with van der Waals surface area (Å²) in [4.78, 5) is 25.7. The topological polar surface area (TPSA) is 37.4 Å². The molecule has 2 aromatic carbocycles. The van der Waals surface area contributed by atoms with Crippen molar-refractivity contribution >= 4 is 29.0 Å². The van der Waals surface area contributed by atoms with Gasteiger partial charge in [0.05, 0.1) is 12.1 Å². The van der Waals surface area contributed by atoms with Gasteiger partial charge in [-0.25, -0.2) is 0 Å². The molecule has 0 aliphatic carbocycles. The standard InChI is InChI=1S/C17H12ClNO2/c18-14-8-6-12(7-9-14)11-19-16(20)10-15(17(19)21)13-4-2-1-3-5-13/h1-10H,11H2. The van der Waals surface area contributed by atoms with Gasteiger partial charge in [-0.2, -0.15) is 0 Å². The summed E-state index contributed by atoms with van der Waals surface area (Å²) in [5.41, 5.74) is 2.06. The number of benzene rings is 2. The van der Waals surface area contributed by atoms with Gasteiger partial charge in [0.25, 0.3) is 11.8 Å². The van der Waals surface area contributed by atoms with Gasteiger partial charge in [-0.1, -0.05) is 54.1 Å². The molecular weight excluding hydrogens is 286 g/mol. The lowest BCUT2D eigenvalue weighted by atomic mass is 10.1. The number of carbonyl (C=O) groups is 2. The van der Waals surface area contributed by atoms with Crippen molar-refractivity contribution < 1.29 is 9.59 Å². The van der Waals surface area contributed by atoms with Crippen molar-refractivity contribution in [2.75, 3.05) is 0 Å². The highest BCUT2D eigenvalue weighted by atomic mass is 35.5. The van der Waals surface area contributed by atoms with Crippen LogP contribution in [0.3, 0.4) is 0 Å². The fourth-order valence-corrected chi connectivity index (χ4v) is 2.38. The number of imide groups is 1. The summed E-state index contributed by atoms with van der Waals surface area (Å²) in [7, 11) is 0. The number of rotatable bonds is 3. The second-order valence-electron chi connectivity index (χ2n) is 4.78. The van der Waals surface area contributed by atoms with Gasteiger partial charge in [-0.15, -0.1) is 0 Å². The first-order valence-electron chi connectivity index (χ1n) is 6.52. The lowest BCUT2D eigenvalue weighted by Gasteiger charge is -2.15. The lowest BCUT2D eigenvalue weighted by molar-refractivity contribution is -0.137. The molecule has 0 atom stereocenters. The Morgan fingerprint density at radius 2 is 1.57 bits per heavy atom. The van der Waals surface area contributed by atoms with Crippen LogP contribution in [0.5, 0.6) is 0 Å². The summed E-state index contributed by atoms with van der Waals surface area (Å²) in [6, 6.07) is 16.3. The van der Waals surface area contributed by atoms with Gasteiger partial charge in [-0.3, -0.25) is 14.5 Å². The molecule has 0 saturated carbocycles. The minimum absolute atomic E-state index is 0.252. The predicted octanol–water partition coefficient (Wildman–Crippen LogP) is 3.29. The SMILES string of the molecule is O=C1C=C(c2ccccc2)C(=O)N1Cc1ccc(Cl)cc1. The molecule has 21 heavy (non-hydrogen) atoms. The summed E-state index contributed by atoms with van der Waals surface area (Å²) in [5, 5.41) is 0.626. The third-order valence-electron chi connectivity index (χ3n) is 3.35. The zero-order valence-corrected chi connectivity index (χ0v) is 11.9. The highest BCUT2D eigenvalue weighted by molar-refractivity contribution is 6.33. The van der Waals surface area contributed by atoms with Crippen molar-refractivity contribution in [3.05, 3.63) is 76.8 Å². The van der Waals surface area contributed by atoms with E-state index in [1.54, 1.807) is 12.1 Å². The van der Waals surface area contributed by atoms with Crippen molar-refractivity contribution in [3.63, 3.8) is 0 Å². The van der Waals surface area contributed by atoms with Crippen molar-refractivity contribution in [1.82, 2.24) is 4.90 Å². The lowest BCUT2D eigenvalue weighted by Crippen LogP contribution is -2.30. The Bertz CT molecular complexity index is 720. The molecule has 3 nitrogen and oxygen atoms in total. The predicted molar refractivity (Wildman–Crippen MR) is 81.4 cm³/mol. The summed E-state index contributed by atoms with van der Waals surface area (Å²) in [6.45, 7) is 0.252. The highest BCUT2D eigenvalue weighted by Gasteiger charge is 2.31. The number of halogens is 1. The van der Waals surface area contributed by atoms with Crippen molar-refractivity contribution in [3.8, 4) is 0 Å². The van der Waals surface area contributed by atoms with E-state index in [2.05, 4.69) is 0 Å². The molecule has 2 aromatic rings. The van der Waals surface area contributed by atoms with Gasteiger partial charge in [0.1, 0.15) is 0 Å². The maximum absolute atomic E-state index is 12.4. The summed E-state index contributed by atoms with van der Waals surface area (Å²) in [5.74, 6) is -0.546. The number of hydrogen-bond donors (Lipinski definition) is 0. The number of carbonyl (C=O) groups excluding carboxylic acids is 2. The fourth-order valence-electron chi connectivity index (χ4n) is 2.26. The van der Waals surface area contributed by atoms with Crippen LogP contribution in [0.2, 0.25) is 5.02 Å². The average Bonchev–Trinajstić information content (AvgIpc) is 2.78. The van der Waals surface area contributed by atoms with Crippen LogP contribution in [0.1, 0.15) is 11.1 Å². The van der Waals surface area contributed by atoms with E-state index in [-0.39, 0.29) is 18.4 Å². The second-order valence-corrected chi connectivity index (χ2v) is 5.22. The quantitative estimate of drug-likeness (QED) is 0.815. The Morgan fingerprint density at radius 1 is 0.905 bits per heavy atom. The smallest absolute Gasteiger partial charge is 0.261 e. The van der Waals surface area contributed by atoms with Gasteiger partial charge in [0, 0.05) is 11.1 Å². The Balaban J connectivity index is 1.82. The van der Waals surface area contributed by atoms with Crippen molar-refractivity contribution in [1.29, 1.82) is 0 Å². The Hall–Kier alpha value is -2.39. The van der Waals surface area contributed by atoms with Crippen LogP contribution in [0, 0.1) is 0 Å². The van der Waals surface area contributed by atoms with E-state index in [0.717, 1.165) is 11.1 Å². The highest BCUT2D eigenvalue weighted by Crippen LogP contribution is 2.25. The first-order valence-corrected chi connectivity index (χ1v) is 6.90. The Kier molecular flexibility index (Phi) is 3.59. The zero-order valence-electron chi connectivity index (χ0n) is 11.1. The normalized spacial score (nSPS) is 14.5. The molecule has 0 N–H and O–H groups in total. The first-order chi connectivity index (χ1) is 10.1. The van der Waals surface area contributed by atoms with Gasteiger partial charge in [0.2, 0.25) is 0 Å². The van der Waals surface area contributed by atoms with Crippen LogP contribution < -0.4 is 0 Å². The monoisotopic (exact) mass is 297 g/mol. The molecule has 0 radical (unpaired) electrons. The van der Waals surface area contributed by atoms with E-state index in [4.69, 9.17) is 11.6 Å². The first kappa shape index (κ1) is 13.6. The maximum Gasteiger partial charge on any atom is 0.261 e. The van der Waals surface area contributed by atoms with Crippen molar-refractivity contribution in [2.24, 2.45) is 0 Å². The van der Waals surface area contributed by atoms with E-state index in [1.165, 1.54) is 11.0 Å². The van der Waals surface area contributed by atoms with Crippen LogP contribution in [-0.2, 0) is 16.1 Å². The molecule has 0 aromatic heterocycles. The molecule has 4 heteroatoms. The van der Waals surface area contributed by atoms with Gasteiger partial charge in [-0.05, 0) is 23.3 Å². The van der Waals surface area contributed by atoms with E-state index >= 15 is 0 Å². The fraction of sp³-hybridized carbons (Fsp3) is 0.0588. The maximum atomic E-state index is 12.4. The van der Waals surface area contributed by atoms with E-state index < -0.39 is 0 Å². The summed E-state index contributed by atoms with van der Waals surface area (Å²) < 4.78 is 0. The van der Waals surface area contributed by atoms with Crippen LogP contribution in [0.4, 0.5) is 0 Å². The molecule has 0 spiro atoms. The van der Waals surface area contributed by atoms with Crippen LogP contribution >= 0.6 is 11.6 Å². The van der Waals surface area contributed by atoms with Crippen LogP contribution in [0.15, 0.2) is 60.7 Å². The molecule has 2 amide bonds. The molecule has 1 aliphatic rings. The largest absolute Gasteiger partial charge is 0.270 e. The number of hydrogen-bond acceptors (Lipinski definition) is 2. The van der Waals surface area contributed by atoms with Crippen LogP contribution in [0.25, 0.3) is 5.57 Å². The molecule has 1 heterocycles. The van der Waals surface area contributed by atoms with Gasteiger partial charge < -0.3 is 0 Å². The van der Waals surface area contributed by atoms with E-state index in [0.29, 0.717) is 10.6 Å². The minimum atomic E-state index is -0.284. The average molecular weight is 298 g/mol. The molecule has 0 fully saturated rings. The zero-order chi connectivity index (χ0) is 14.8. The van der Waals surface area contributed by atoms with Gasteiger partial charge in [0.15, 0.2) is 0 Å². The number of amides is 2. The molecule has 104 valence electrons. The third-order valence-corrected chi connectivity index (χ3v) is 3.60. The number of nitrogens with zero attached hydrogens (tertiary/aromatic N) is 1. The molecule has 0 saturated heterocycles.